The molecule has 1 saturated heterocycles. The van der Waals surface area contributed by atoms with E-state index in [1.54, 1.807) is 0 Å². The van der Waals surface area contributed by atoms with Crippen LogP contribution >= 0.6 is 0 Å². The maximum Gasteiger partial charge on any atom is 0.326 e. The molecule has 2 N–H and O–H groups in total. The van der Waals surface area contributed by atoms with Gasteiger partial charge in [0.1, 0.15) is 6.04 Å². The second-order valence-electron chi connectivity index (χ2n) is 4.39. The van der Waals surface area contributed by atoms with Crippen LogP contribution in [-0.2, 0) is 14.4 Å². The molecule has 6 heteroatoms. The van der Waals surface area contributed by atoms with Crippen LogP contribution in [0.15, 0.2) is 0 Å². The number of hydrogen-bond acceptors (Lipinski definition) is 3. The van der Waals surface area contributed by atoms with Crippen LogP contribution in [0.25, 0.3) is 0 Å². The van der Waals surface area contributed by atoms with Crippen LogP contribution in [0.5, 0.6) is 0 Å². The number of rotatable bonds is 6. The Morgan fingerprint density at radius 2 is 2.06 bits per heavy atom. The fraction of sp³-hybridized carbons (Fsp3) is 0.750. The molecule has 102 valence electrons. The van der Waals surface area contributed by atoms with Gasteiger partial charge in [-0.05, 0) is 26.2 Å². The van der Waals surface area contributed by atoms with Gasteiger partial charge in [0, 0.05) is 25.9 Å². The summed E-state index contributed by atoms with van der Waals surface area (Å²) in [5.74, 6) is -1.17. The van der Waals surface area contributed by atoms with Crippen LogP contribution < -0.4 is 5.32 Å². The number of nitrogens with one attached hydrogen (secondary N) is 1. The second-order valence-corrected chi connectivity index (χ2v) is 4.39. The Hall–Kier alpha value is -1.59. The van der Waals surface area contributed by atoms with Gasteiger partial charge in [-0.1, -0.05) is 0 Å². The third-order valence-electron chi connectivity index (χ3n) is 3.03. The van der Waals surface area contributed by atoms with Crippen molar-refractivity contribution in [2.75, 3.05) is 13.1 Å². The van der Waals surface area contributed by atoms with Crippen LogP contribution in [0.3, 0.4) is 0 Å². The summed E-state index contributed by atoms with van der Waals surface area (Å²) in [6, 6.07) is -0.679. The van der Waals surface area contributed by atoms with Crippen LogP contribution in [0.4, 0.5) is 0 Å². The van der Waals surface area contributed by atoms with Gasteiger partial charge >= 0.3 is 5.97 Å². The number of amides is 2. The van der Waals surface area contributed by atoms with Crippen molar-refractivity contribution in [2.45, 2.75) is 45.1 Å². The molecule has 2 amide bonds. The van der Waals surface area contributed by atoms with Crippen molar-refractivity contribution in [3.63, 3.8) is 0 Å². The number of carboxylic acids is 1. The highest BCUT2D eigenvalue weighted by Crippen LogP contribution is 2.19. The Morgan fingerprint density at radius 1 is 1.33 bits per heavy atom. The van der Waals surface area contributed by atoms with E-state index >= 15 is 0 Å². The van der Waals surface area contributed by atoms with Crippen molar-refractivity contribution < 1.29 is 19.5 Å². The number of aliphatic carboxylic acids is 1. The third-order valence-corrected chi connectivity index (χ3v) is 3.03. The van der Waals surface area contributed by atoms with Gasteiger partial charge in [0.05, 0.1) is 0 Å². The highest BCUT2D eigenvalue weighted by atomic mass is 16.4. The van der Waals surface area contributed by atoms with Crippen LogP contribution in [0, 0.1) is 0 Å². The van der Waals surface area contributed by atoms with Gasteiger partial charge in [0.15, 0.2) is 0 Å². The van der Waals surface area contributed by atoms with Crippen molar-refractivity contribution in [1.29, 1.82) is 0 Å². The van der Waals surface area contributed by atoms with Gasteiger partial charge in [-0.2, -0.15) is 0 Å². The van der Waals surface area contributed by atoms with Crippen molar-refractivity contribution >= 4 is 17.8 Å². The Labute approximate surface area is 106 Å². The SMILES string of the molecule is CCNC(=O)CCCC(=O)N1CCC[C@@H]1C(=O)O. The van der Waals surface area contributed by atoms with E-state index in [0.29, 0.717) is 32.4 Å². The molecule has 0 unspecified atom stereocenters. The summed E-state index contributed by atoms with van der Waals surface area (Å²) in [5, 5.41) is 11.6. The molecule has 0 saturated carbocycles. The Balaban J connectivity index is 2.32. The zero-order valence-corrected chi connectivity index (χ0v) is 10.6. The number of carbonyl (C=O) groups excluding carboxylic acids is 2. The number of hydrogen-bond donors (Lipinski definition) is 2. The molecule has 6 nitrogen and oxygen atoms in total. The molecular formula is C12H20N2O4. The third kappa shape index (κ3) is 4.01. The van der Waals surface area contributed by atoms with E-state index in [0.717, 1.165) is 6.42 Å². The minimum absolute atomic E-state index is 0.0680. The molecule has 1 aliphatic heterocycles. The molecule has 1 atom stereocenters. The summed E-state index contributed by atoms with van der Waals surface area (Å²) in [6.45, 7) is 2.93. The standard InChI is InChI=1S/C12H20N2O4/c1-2-13-10(15)6-3-7-11(16)14-8-4-5-9(14)12(17)18/h9H,2-8H2,1H3,(H,13,15)(H,17,18)/t9-/m1/s1. The van der Waals surface area contributed by atoms with E-state index in [1.165, 1.54) is 4.90 Å². The predicted molar refractivity (Wildman–Crippen MR) is 64.9 cm³/mol. The fourth-order valence-electron chi connectivity index (χ4n) is 2.15. The molecular weight excluding hydrogens is 236 g/mol. The Kier molecular flexibility index (Phi) is 5.61. The molecule has 0 aromatic rings. The highest BCUT2D eigenvalue weighted by Gasteiger charge is 2.33. The summed E-state index contributed by atoms with van der Waals surface area (Å²) >= 11 is 0. The molecule has 0 aliphatic carbocycles. The van der Waals surface area contributed by atoms with Gasteiger partial charge in [0.2, 0.25) is 11.8 Å². The molecule has 0 aromatic heterocycles. The van der Waals surface area contributed by atoms with Crippen molar-refractivity contribution in [1.82, 2.24) is 10.2 Å². The predicted octanol–water partition coefficient (Wildman–Crippen LogP) is 0.368. The van der Waals surface area contributed by atoms with E-state index in [1.807, 2.05) is 6.92 Å². The van der Waals surface area contributed by atoms with E-state index < -0.39 is 12.0 Å². The van der Waals surface area contributed by atoms with Crippen molar-refractivity contribution in [3.05, 3.63) is 0 Å². The monoisotopic (exact) mass is 256 g/mol. The molecule has 0 spiro atoms. The first-order valence-corrected chi connectivity index (χ1v) is 6.35. The number of nitrogens with zero attached hydrogens (tertiary/aromatic N) is 1. The maximum absolute atomic E-state index is 11.8. The summed E-state index contributed by atoms with van der Waals surface area (Å²) in [4.78, 5) is 35.4. The van der Waals surface area contributed by atoms with Crippen LogP contribution in [0.1, 0.15) is 39.0 Å². The second kappa shape index (κ2) is 6.98. The summed E-state index contributed by atoms with van der Waals surface area (Å²) < 4.78 is 0. The lowest BCUT2D eigenvalue weighted by atomic mass is 10.2. The van der Waals surface area contributed by atoms with E-state index in [9.17, 15) is 14.4 Å². The van der Waals surface area contributed by atoms with Gasteiger partial charge in [-0.15, -0.1) is 0 Å². The van der Waals surface area contributed by atoms with E-state index in [-0.39, 0.29) is 18.2 Å². The molecule has 1 rings (SSSR count). The summed E-state index contributed by atoms with van der Waals surface area (Å²) in [6.07, 6.45) is 2.27. The summed E-state index contributed by atoms with van der Waals surface area (Å²) in [5.41, 5.74) is 0. The quantitative estimate of drug-likeness (QED) is 0.718. The smallest absolute Gasteiger partial charge is 0.326 e. The Bertz CT molecular complexity index is 330. The minimum Gasteiger partial charge on any atom is -0.480 e. The largest absolute Gasteiger partial charge is 0.480 e. The van der Waals surface area contributed by atoms with E-state index in [2.05, 4.69) is 5.32 Å². The first-order chi connectivity index (χ1) is 8.56. The average molecular weight is 256 g/mol. The number of carbonyl (C=O) groups is 3. The Morgan fingerprint density at radius 3 is 2.67 bits per heavy atom. The molecule has 0 aromatic carbocycles. The highest BCUT2D eigenvalue weighted by molar-refractivity contribution is 5.84. The minimum atomic E-state index is -0.940. The lowest BCUT2D eigenvalue weighted by Gasteiger charge is -2.21. The van der Waals surface area contributed by atoms with Crippen molar-refractivity contribution in [2.24, 2.45) is 0 Å². The molecule has 0 bridgehead atoms. The zero-order chi connectivity index (χ0) is 13.5. The molecule has 1 heterocycles. The topological polar surface area (TPSA) is 86.7 Å². The lowest BCUT2D eigenvalue weighted by molar-refractivity contribution is -0.148. The first kappa shape index (κ1) is 14.5. The number of carboxylic acid groups (broad SMARTS) is 1. The normalized spacial score (nSPS) is 18.7. The van der Waals surface area contributed by atoms with Gasteiger partial charge in [-0.25, -0.2) is 4.79 Å². The summed E-state index contributed by atoms with van der Waals surface area (Å²) in [7, 11) is 0. The fourth-order valence-corrected chi connectivity index (χ4v) is 2.15. The molecule has 1 fully saturated rings. The zero-order valence-electron chi connectivity index (χ0n) is 10.6. The van der Waals surface area contributed by atoms with Crippen LogP contribution in [0.2, 0.25) is 0 Å². The van der Waals surface area contributed by atoms with Gasteiger partial charge in [-0.3, -0.25) is 9.59 Å². The van der Waals surface area contributed by atoms with E-state index in [4.69, 9.17) is 5.11 Å². The van der Waals surface area contributed by atoms with Gasteiger partial charge in [0.25, 0.3) is 0 Å². The van der Waals surface area contributed by atoms with Crippen molar-refractivity contribution in [3.8, 4) is 0 Å². The maximum atomic E-state index is 11.8. The molecule has 1 aliphatic rings. The lowest BCUT2D eigenvalue weighted by Crippen LogP contribution is -2.40. The molecule has 18 heavy (non-hydrogen) atoms. The van der Waals surface area contributed by atoms with Crippen LogP contribution in [-0.4, -0.2) is 46.9 Å². The average Bonchev–Trinajstić information content (AvgIpc) is 2.78. The number of likely N-dealkylation sites (tertiary alicyclic amines) is 1. The first-order valence-electron chi connectivity index (χ1n) is 6.35. The molecule has 0 radical (unpaired) electrons. The van der Waals surface area contributed by atoms with Gasteiger partial charge < -0.3 is 15.3 Å².